The summed E-state index contributed by atoms with van der Waals surface area (Å²) in [5.41, 5.74) is 4.54. The maximum absolute atomic E-state index is 14.5. The number of aromatic nitrogens is 3. The van der Waals surface area contributed by atoms with Gasteiger partial charge in [0.15, 0.2) is 10.8 Å². The van der Waals surface area contributed by atoms with Crippen molar-refractivity contribution >= 4 is 33.8 Å². The summed E-state index contributed by atoms with van der Waals surface area (Å²) in [5, 5.41) is 5.31. The number of benzene rings is 1. The number of rotatable bonds is 5. The van der Waals surface area contributed by atoms with E-state index in [1.807, 2.05) is 41.8 Å². The fourth-order valence-corrected chi connectivity index (χ4v) is 4.15. The average molecular weight is 410 g/mol. The molecular weight excluding hydrogens is 391 g/mol. The Hall–Kier alpha value is -3.26. The molecule has 4 rings (SSSR count). The number of carbonyl (C=O) groups excluding carboxylic acids is 1. The minimum Gasteiger partial charge on any atom is -0.469 e. The molecule has 0 atom stereocenters. The van der Waals surface area contributed by atoms with Gasteiger partial charge in [-0.15, -0.1) is 11.3 Å². The maximum Gasteiger partial charge on any atom is 0.311 e. The van der Waals surface area contributed by atoms with Crippen LogP contribution in [0.3, 0.4) is 0 Å². The van der Waals surface area contributed by atoms with Crippen molar-refractivity contribution < 1.29 is 13.9 Å². The molecule has 3 aromatic heterocycles. The average Bonchev–Trinajstić information content (AvgIpc) is 3.25. The highest BCUT2D eigenvalue weighted by Gasteiger charge is 2.22. The molecule has 0 aliphatic heterocycles. The van der Waals surface area contributed by atoms with E-state index in [4.69, 9.17) is 4.74 Å². The number of anilines is 2. The number of hydrogen-bond donors (Lipinski definition) is 1. The molecule has 0 amide bonds. The second kappa shape index (κ2) is 7.63. The Labute approximate surface area is 171 Å². The van der Waals surface area contributed by atoms with Gasteiger partial charge in [0.2, 0.25) is 0 Å². The number of hydrogen-bond acceptors (Lipinski definition) is 6. The van der Waals surface area contributed by atoms with Gasteiger partial charge in [-0.05, 0) is 31.0 Å². The van der Waals surface area contributed by atoms with Gasteiger partial charge >= 0.3 is 5.97 Å². The molecule has 0 fully saturated rings. The topological polar surface area (TPSA) is 68.5 Å². The van der Waals surface area contributed by atoms with Gasteiger partial charge < -0.3 is 10.1 Å². The lowest BCUT2D eigenvalue weighted by atomic mass is 10.1. The van der Waals surface area contributed by atoms with Crippen molar-refractivity contribution in [3.8, 4) is 11.3 Å². The molecule has 8 heteroatoms. The number of thiazole rings is 1. The smallest absolute Gasteiger partial charge is 0.311 e. The van der Waals surface area contributed by atoms with Crippen LogP contribution in [-0.2, 0) is 16.0 Å². The number of nitrogens with zero attached hydrogens (tertiary/aromatic N) is 3. The summed E-state index contributed by atoms with van der Waals surface area (Å²) in [5.74, 6) is -0.215. The number of aryl methyl sites for hydroxylation is 2. The predicted molar refractivity (Wildman–Crippen MR) is 111 cm³/mol. The van der Waals surface area contributed by atoms with E-state index in [0.29, 0.717) is 22.0 Å². The van der Waals surface area contributed by atoms with E-state index in [-0.39, 0.29) is 12.4 Å². The van der Waals surface area contributed by atoms with Crippen molar-refractivity contribution in [2.75, 3.05) is 12.4 Å². The van der Waals surface area contributed by atoms with Gasteiger partial charge in [-0.2, -0.15) is 0 Å². The van der Waals surface area contributed by atoms with Gasteiger partial charge in [-0.25, -0.2) is 9.37 Å². The summed E-state index contributed by atoms with van der Waals surface area (Å²) < 4.78 is 21.2. The number of methoxy groups -OCH3 is 1. The molecular formula is C21H19FN4O2S. The van der Waals surface area contributed by atoms with Crippen LogP contribution < -0.4 is 5.32 Å². The molecule has 1 aromatic carbocycles. The third-order valence-electron chi connectivity index (χ3n) is 4.74. The minimum absolute atomic E-state index is 0.0898. The highest BCUT2D eigenvalue weighted by molar-refractivity contribution is 7.15. The number of para-hydroxylation sites is 1. The van der Waals surface area contributed by atoms with Crippen LogP contribution in [0.5, 0.6) is 0 Å². The van der Waals surface area contributed by atoms with Gasteiger partial charge in [0.25, 0.3) is 0 Å². The molecule has 4 aromatic rings. The van der Waals surface area contributed by atoms with Crippen molar-refractivity contribution in [2.24, 2.45) is 0 Å². The standard InChI is InChI=1S/C21H19FN4O2S/c1-12-5-4-6-13(2)18(12)24-20-19(15-7-8-23-10-16(15)22)25-21-26(20)14(11-29-21)9-17(27)28-3/h4-8,10-11,24H,9H2,1-3H3. The van der Waals surface area contributed by atoms with Crippen molar-refractivity contribution in [1.29, 1.82) is 0 Å². The lowest BCUT2D eigenvalue weighted by Crippen LogP contribution is -2.08. The number of halogens is 1. The molecule has 0 saturated heterocycles. The van der Waals surface area contributed by atoms with E-state index in [1.54, 1.807) is 6.07 Å². The van der Waals surface area contributed by atoms with Gasteiger partial charge in [-0.1, -0.05) is 18.2 Å². The quantitative estimate of drug-likeness (QED) is 0.484. The van der Waals surface area contributed by atoms with Crippen molar-refractivity contribution in [3.05, 3.63) is 64.7 Å². The number of imidazole rings is 1. The molecule has 0 aliphatic rings. The number of carbonyl (C=O) groups is 1. The number of fused-ring (bicyclic) bond motifs is 1. The lowest BCUT2D eigenvalue weighted by Gasteiger charge is -2.14. The van der Waals surface area contributed by atoms with E-state index in [0.717, 1.165) is 22.5 Å². The molecule has 0 spiro atoms. The maximum atomic E-state index is 14.5. The number of esters is 1. The second-order valence-electron chi connectivity index (χ2n) is 6.65. The number of pyridine rings is 1. The highest BCUT2D eigenvalue weighted by atomic mass is 32.1. The Balaban J connectivity index is 1.95. The van der Waals surface area contributed by atoms with E-state index >= 15 is 0 Å². The molecule has 0 saturated carbocycles. The van der Waals surface area contributed by atoms with Crippen molar-refractivity contribution in [1.82, 2.24) is 14.4 Å². The fourth-order valence-electron chi connectivity index (χ4n) is 3.26. The molecule has 148 valence electrons. The summed E-state index contributed by atoms with van der Waals surface area (Å²) in [6.07, 6.45) is 2.79. The first-order valence-electron chi connectivity index (χ1n) is 8.98. The van der Waals surface area contributed by atoms with Crippen LogP contribution in [-0.4, -0.2) is 27.4 Å². The van der Waals surface area contributed by atoms with E-state index in [2.05, 4.69) is 15.3 Å². The Morgan fingerprint density at radius 1 is 1.28 bits per heavy atom. The number of nitrogens with one attached hydrogen (secondary N) is 1. The van der Waals surface area contributed by atoms with Crippen LogP contribution >= 0.6 is 11.3 Å². The molecule has 29 heavy (non-hydrogen) atoms. The zero-order chi connectivity index (χ0) is 20.5. The Morgan fingerprint density at radius 3 is 2.72 bits per heavy atom. The van der Waals surface area contributed by atoms with E-state index in [1.165, 1.54) is 30.8 Å². The van der Waals surface area contributed by atoms with E-state index in [9.17, 15) is 9.18 Å². The van der Waals surface area contributed by atoms with Crippen LogP contribution in [0, 0.1) is 19.7 Å². The monoisotopic (exact) mass is 410 g/mol. The van der Waals surface area contributed by atoms with Crippen LogP contribution in [0.15, 0.2) is 42.0 Å². The van der Waals surface area contributed by atoms with Crippen LogP contribution in [0.2, 0.25) is 0 Å². The van der Waals surface area contributed by atoms with Gasteiger partial charge in [0.1, 0.15) is 11.5 Å². The second-order valence-corrected chi connectivity index (χ2v) is 7.49. The normalized spacial score (nSPS) is 11.0. The highest BCUT2D eigenvalue weighted by Crippen LogP contribution is 2.36. The Bertz CT molecular complexity index is 1190. The zero-order valence-electron chi connectivity index (χ0n) is 16.2. The largest absolute Gasteiger partial charge is 0.469 e. The first-order valence-corrected chi connectivity index (χ1v) is 9.86. The zero-order valence-corrected chi connectivity index (χ0v) is 17.0. The van der Waals surface area contributed by atoms with E-state index < -0.39 is 5.82 Å². The third-order valence-corrected chi connectivity index (χ3v) is 5.61. The first-order chi connectivity index (χ1) is 14.0. The molecule has 0 bridgehead atoms. The Kier molecular flexibility index (Phi) is 5.02. The number of ether oxygens (including phenoxy) is 1. The molecule has 3 heterocycles. The predicted octanol–water partition coefficient (Wildman–Crippen LogP) is 4.67. The Morgan fingerprint density at radius 2 is 2.03 bits per heavy atom. The van der Waals surface area contributed by atoms with Gasteiger partial charge in [0.05, 0.1) is 19.7 Å². The van der Waals surface area contributed by atoms with Crippen LogP contribution in [0.25, 0.3) is 16.2 Å². The summed E-state index contributed by atoms with van der Waals surface area (Å²) in [6.45, 7) is 4.01. The van der Waals surface area contributed by atoms with Crippen LogP contribution in [0.1, 0.15) is 16.8 Å². The minimum atomic E-state index is -0.461. The molecule has 0 aliphatic carbocycles. The molecule has 1 N–H and O–H groups in total. The molecule has 0 radical (unpaired) electrons. The summed E-state index contributed by atoms with van der Waals surface area (Å²) in [7, 11) is 1.35. The third kappa shape index (κ3) is 3.47. The fraction of sp³-hybridized carbons (Fsp3) is 0.190. The van der Waals surface area contributed by atoms with Crippen molar-refractivity contribution in [3.63, 3.8) is 0 Å². The van der Waals surface area contributed by atoms with Gasteiger partial charge in [-0.3, -0.25) is 14.2 Å². The first kappa shape index (κ1) is 19.1. The molecule has 0 unspecified atom stereocenters. The van der Waals surface area contributed by atoms with Gasteiger partial charge in [0, 0.05) is 28.5 Å². The van der Waals surface area contributed by atoms with Crippen molar-refractivity contribution in [2.45, 2.75) is 20.3 Å². The molecule has 6 nitrogen and oxygen atoms in total. The summed E-state index contributed by atoms with van der Waals surface area (Å²) in [6, 6.07) is 7.59. The van der Waals surface area contributed by atoms with Crippen LogP contribution in [0.4, 0.5) is 15.9 Å². The SMILES string of the molecule is COC(=O)Cc1csc2nc(-c3ccncc3F)c(Nc3c(C)cccc3C)n12. The summed E-state index contributed by atoms with van der Waals surface area (Å²) in [4.78, 5) is 21.0. The summed E-state index contributed by atoms with van der Waals surface area (Å²) >= 11 is 1.39. The lowest BCUT2D eigenvalue weighted by molar-refractivity contribution is -0.139.